The van der Waals surface area contributed by atoms with Gasteiger partial charge in [-0.25, -0.2) is 0 Å². The highest BCUT2D eigenvalue weighted by molar-refractivity contribution is 8.27. The van der Waals surface area contributed by atoms with Crippen molar-refractivity contribution in [2.75, 3.05) is 13.2 Å². The van der Waals surface area contributed by atoms with E-state index in [1.165, 1.54) is 16.8 Å². The summed E-state index contributed by atoms with van der Waals surface area (Å²) < 4.78 is 11.7. The molecule has 1 amide bonds. The number of rotatable bonds is 9. The summed E-state index contributed by atoms with van der Waals surface area (Å²) >= 11 is 1.29. The second-order valence-electron chi connectivity index (χ2n) is 8.66. The Labute approximate surface area is 225 Å². The summed E-state index contributed by atoms with van der Waals surface area (Å²) in [5, 5.41) is 15.7. The smallest absolute Gasteiger partial charge is 0.283 e. The minimum absolute atomic E-state index is 0.00354. The molecule has 5 rings (SSSR count). The summed E-state index contributed by atoms with van der Waals surface area (Å²) in [6.07, 6.45) is 4.25. The summed E-state index contributed by atoms with van der Waals surface area (Å²) in [5.41, 5.74) is 4.10. The molecule has 0 saturated carbocycles. The molecule has 3 aromatic rings. The number of carbonyl (C=O) groups is 1. The number of hydrogen-bond acceptors (Lipinski definition) is 6. The molecule has 190 valence electrons. The van der Waals surface area contributed by atoms with Crippen molar-refractivity contribution in [3.8, 4) is 11.5 Å². The number of amidine groups is 2. The Balaban J connectivity index is 1.21. The van der Waals surface area contributed by atoms with Crippen LogP contribution in [0.1, 0.15) is 22.3 Å². The number of amides is 1. The summed E-state index contributed by atoms with van der Waals surface area (Å²) in [6, 6.07) is 23.1. The molecule has 8 heteroatoms. The zero-order valence-electron chi connectivity index (χ0n) is 20.9. The molecule has 2 aliphatic heterocycles. The Kier molecular flexibility index (Phi) is 7.51. The van der Waals surface area contributed by atoms with Crippen molar-refractivity contribution in [3.05, 3.63) is 113 Å². The number of nitrogens with one attached hydrogen (secondary N) is 1. The fourth-order valence-electron chi connectivity index (χ4n) is 3.91. The van der Waals surface area contributed by atoms with Crippen LogP contribution in [0.4, 0.5) is 0 Å². The highest BCUT2D eigenvalue weighted by Gasteiger charge is 2.36. The third kappa shape index (κ3) is 5.60. The SMILES string of the molecule is C=CCc1ccccc1OCCOc1ccc(/C=C2/C(=N)N3N=C(c4ccc(C)cc4)SC3=NC2=O)cc1. The molecular weight excluding hydrogens is 496 g/mol. The summed E-state index contributed by atoms with van der Waals surface area (Å²) in [5.74, 6) is 1.06. The predicted octanol–water partition coefficient (Wildman–Crippen LogP) is 5.85. The second-order valence-corrected chi connectivity index (χ2v) is 9.61. The maximum atomic E-state index is 12.7. The van der Waals surface area contributed by atoms with Crippen molar-refractivity contribution in [3.63, 3.8) is 0 Å². The number of carbonyl (C=O) groups excluding carboxylic acids is 1. The van der Waals surface area contributed by atoms with Crippen LogP contribution in [0.5, 0.6) is 11.5 Å². The first-order valence-electron chi connectivity index (χ1n) is 12.1. The summed E-state index contributed by atoms with van der Waals surface area (Å²) in [6.45, 7) is 6.60. The molecule has 2 heterocycles. The van der Waals surface area contributed by atoms with Gasteiger partial charge in [-0.1, -0.05) is 66.2 Å². The van der Waals surface area contributed by atoms with Crippen LogP contribution in [-0.2, 0) is 11.2 Å². The molecule has 0 bridgehead atoms. The van der Waals surface area contributed by atoms with Crippen LogP contribution >= 0.6 is 11.8 Å². The van der Waals surface area contributed by atoms with Gasteiger partial charge in [0.15, 0.2) is 5.84 Å². The first-order valence-corrected chi connectivity index (χ1v) is 12.9. The van der Waals surface area contributed by atoms with E-state index in [0.29, 0.717) is 29.2 Å². The second kappa shape index (κ2) is 11.3. The average molecular weight is 523 g/mol. The number of fused-ring (bicyclic) bond motifs is 1. The van der Waals surface area contributed by atoms with Crippen molar-refractivity contribution in [1.29, 1.82) is 5.41 Å². The van der Waals surface area contributed by atoms with Crippen molar-refractivity contribution < 1.29 is 14.3 Å². The lowest BCUT2D eigenvalue weighted by Crippen LogP contribution is -2.35. The lowest BCUT2D eigenvalue weighted by Gasteiger charge is -2.20. The molecule has 0 radical (unpaired) electrons. The van der Waals surface area contributed by atoms with Crippen molar-refractivity contribution in [1.82, 2.24) is 5.01 Å². The summed E-state index contributed by atoms with van der Waals surface area (Å²) in [7, 11) is 0. The van der Waals surface area contributed by atoms with E-state index in [2.05, 4.69) is 16.7 Å². The van der Waals surface area contributed by atoms with Crippen LogP contribution in [-0.4, -0.2) is 40.2 Å². The predicted molar refractivity (Wildman–Crippen MR) is 153 cm³/mol. The minimum Gasteiger partial charge on any atom is -0.490 e. The number of benzene rings is 3. The highest BCUT2D eigenvalue weighted by Crippen LogP contribution is 2.31. The number of nitrogens with zero attached hydrogens (tertiary/aromatic N) is 3. The third-order valence-corrected chi connectivity index (χ3v) is 6.85. The van der Waals surface area contributed by atoms with Gasteiger partial charge >= 0.3 is 0 Å². The molecule has 0 fully saturated rings. The molecule has 3 aromatic carbocycles. The summed E-state index contributed by atoms with van der Waals surface area (Å²) in [4.78, 5) is 16.9. The number of aryl methyl sites for hydroxylation is 1. The average Bonchev–Trinajstić information content (AvgIpc) is 3.35. The fraction of sp³-hybridized carbons (Fsp3) is 0.133. The Morgan fingerprint density at radius 1 is 1.00 bits per heavy atom. The Bertz CT molecular complexity index is 1470. The van der Waals surface area contributed by atoms with E-state index in [1.54, 1.807) is 6.08 Å². The van der Waals surface area contributed by atoms with E-state index >= 15 is 0 Å². The van der Waals surface area contributed by atoms with Gasteiger partial charge in [0.05, 0.1) is 5.57 Å². The molecule has 7 nitrogen and oxygen atoms in total. The Hall–Kier alpha value is -4.43. The molecule has 0 aromatic heterocycles. The fourth-order valence-corrected chi connectivity index (χ4v) is 4.81. The Morgan fingerprint density at radius 3 is 2.50 bits per heavy atom. The van der Waals surface area contributed by atoms with Crippen molar-refractivity contribution in [2.24, 2.45) is 10.1 Å². The van der Waals surface area contributed by atoms with E-state index < -0.39 is 5.91 Å². The number of hydrazone groups is 1. The normalized spacial score (nSPS) is 15.7. The third-order valence-electron chi connectivity index (χ3n) is 5.89. The van der Waals surface area contributed by atoms with Crippen molar-refractivity contribution in [2.45, 2.75) is 13.3 Å². The molecule has 38 heavy (non-hydrogen) atoms. The molecule has 1 N–H and O–H groups in total. The standard InChI is InChI=1S/C30H26N4O3S/c1-3-6-22-7-4-5-8-26(22)37-18-17-36-24-15-11-21(12-16-24)19-25-27(31)34-30(32-28(25)35)38-29(33-34)23-13-9-20(2)10-14-23/h3-5,7-16,19,31H,1,6,17-18H2,2H3/b25-19-,31-27?. The van der Waals surface area contributed by atoms with Gasteiger partial charge in [-0.2, -0.15) is 15.1 Å². The molecular formula is C30H26N4O3S. The molecule has 0 spiro atoms. The van der Waals surface area contributed by atoms with Crippen LogP contribution in [0.25, 0.3) is 6.08 Å². The van der Waals surface area contributed by atoms with E-state index in [0.717, 1.165) is 34.4 Å². The van der Waals surface area contributed by atoms with Crippen LogP contribution in [0.3, 0.4) is 0 Å². The number of aliphatic imine (C=N–C) groups is 1. The number of para-hydroxylation sites is 1. The first-order chi connectivity index (χ1) is 18.5. The molecule has 2 aliphatic rings. The van der Waals surface area contributed by atoms with Gasteiger partial charge in [-0.05, 0) is 60.5 Å². The maximum Gasteiger partial charge on any atom is 0.283 e. The number of thioether (sulfide) groups is 1. The topological polar surface area (TPSA) is 87.3 Å². The van der Waals surface area contributed by atoms with Crippen LogP contribution in [0, 0.1) is 12.3 Å². The van der Waals surface area contributed by atoms with Gasteiger partial charge < -0.3 is 9.47 Å². The lowest BCUT2D eigenvalue weighted by atomic mass is 10.1. The molecule has 0 saturated heterocycles. The van der Waals surface area contributed by atoms with E-state index in [4.69, 9.17) is 14.9 Å². The van der Waals surface area contributed by atoms with E-state index in [-0.39, 0.29) is 11.4 Å². The van der Waals surface area contributed by atoms with Crippen LogP contribution < -0.4 is 9.47 Å². The van der Waals surface area contributed by atoms with Crippen molar-refractivity contribution >= 4 is 39.8 Å². The Morgan fingerprint density at radius 2 is 1.74 bits per heavy atom. The maximum absolute atomic E-state index is 12.7. The van der Waals surface area contributed by atoms with Gasteiger partial charge in [0.2, 0.25) is 5.17 Å². The van der Waals surface area contributed by atoms with Gasteiger partial charge in [-0.15, -0.1) is 6.58 Å². The number of ether oxygens (including phenoxy) is 2. The largest absolute Gasteiger partial charge is 0.490 e. The monoisotopic (exact) mass is 522 g/mol. The lowest BCUT2D eigenvalue weighted by molar-refractivity contribution is -0.114. The zero-order chi connectivity index (χ0) is 26.5. The van der Waals surface area contributed by atoms with Crippen LogP contribution in [0.2, 0.25) is 0 Å². The number of hydrogen-bond donors (Lipinski definition) is 1. The van der Waals surface area contributed by atoms with Crippen LogP contribution in [0.15, 0.2) is 101 Å². The zero-order valence-corrected chi connectivity index (χ0v) is 21.7. The van der Waals surface area contributed by atoms with Gasteiger partial charge in [0.1, 0.15) is 29.8 Å². The molecule has 0 aliphatic carbocycles. The highest BCUT2D eigenvalue weighted by atomic mass is 32.2. The minimum atomic E-state index is -0.455. The first kappa shape index (κ1) is 25.2. The van der Waals surface area contributed by atoms with E-state index in [1.807, 2.05) is 85.8 Å². The van der Waals surface area contributed by atoms with E-state index in [9.17, 15) is 4.79 Å². The quantitative estimate of drug-likeness (QED) is 0.216. The van der Waals surface area contributed by atoms with Gasteiger partial charge in [0, 0.05) is 5.56 Å². The van der Waals surface area contributed by atoms with Gasteiger partial charge in [0.25, 0.3) is 5.91 Å². The van der Waals surface area contributed by atoms with Gasteiger partial charge in [-0.3, -0.25) is 10.2 Å². The molecule has 0 unspecified atom stereocenters. The number of allylic oxidation sites excluding steroid dienone is 1. The molecule has 0 atom stereocenters.